The van der Waals surface area contributed by atoms with E-state index in [0.29, 0.717) is 17.6 Å². The first-order valence-corrected chi connectivity index (χ1v) is 7.39. The Bertz CT molecular complexity index is 539. The molecular formula is C17H24O4. The number of allylic oxidation sites excluding steroid dienone is 2. The predicted octanol–water partition coefficient (Wildman–Crippen LogP) is 3.18. The molecule has 0 N–H and O–H groups in total. The minimum Gasteiger partial charge on any atom is -0.466 e. The highest BCUT2D eigenvalue weighted by molar-refractivity contribution is 6.02. The molecule has 2 rings (SSSR count). The number of rotatable bonds is 2. The number of ether oxygens (including phenoxy) is 2. The molecule has 0 amide bonds. The van der Waals surface area contributed by atoms with Gasteiger partial charge in [-0.25, -0.2) is 9.59 Å². The molecule has 116 valence electrons. The lowest BCUT2D eigenvalue weighted by atomic mass is 9.55. The Morgan fingerprint density at radius 2 is 1.67 bits per heavy atom. The fourth-order valence-corrected chi connectivity index (χ4v) is 4.06. The van der Waals surface area contributed by atoms with Gasteiger partial charge in [0.2, 0.25) is 0 Å². The molecule has 4 heteroatoms. The number of fused-ring (bicyclic) bond motifs is 1. The highest BCUT2D eigenvalue weighted by Gasteiger charge is 2.49. The van der Waals surface area contributed by atoms with E-state index in [-0.39, 0.29) is 5.41 Å². The lowest BCUT2D eigenvalue weighted by molar-refractivity contribution is -0.140. The van der Waals surface area contributed by atoms with E-state index >= 15 is 0 Å². The zero-order chi connectivity index (χ0) is 15.8. The first-order valence-electron chi connectivity index (χ1n) is 7.39. The van der Waals surface area contributed by atoms with Gasteiger partial charge in [0, 0.05) is 5.41 Å². The molecule has 2 aliphatic carbocycles. The maximum Gasteiger partial charge on any atom is 0.335 e. The Morgan fingerprint density at radius 3 is 2.24 bits per heavy atom. The maximum atomic E-state index is 12.4. The summed E-state index contributed by atoms with van der Waals surface area (Å²) in [5, 5.41) is 0. The molecule has 0 saturated heterocycles. The van der Waals surface area contributed by atoms with Crippen LogP contribution in [0.15, 0.2) is 22.8 Å². The van der Waals surface area contributed by atoms with Gasteiger partial charge >= 0.3 is 11.9 Å². The van der Waals surface area contributed by atoms with Crippen LogP contribution in [0.4, 0.5) is 0 Å². The molecule has 1 atom stereocenters. The summed E-state index contributed by atoms with van der Waals surface area (Å²) in [7, 11) is 2.70. The van der Waals surface area contributed by atoms with Gasteiger partial charge < -0.3 is 9.47 Å². The van der Waals surface area contributed by atoms with Gasteiger partial charge in [0.25, 0.3) is 0 Å². The van der Waals surface area contributed by atoms with E-state index in [1.165, 1.54) is 19.8 Å². The van der Waals surface area contributed by atoms with Crippen LogP contribution in [0.1, 0.15) is 46.5 Å². The van der Waals surface area contributed by atoms with E-state index < -0.39 is 17.4 Å². The van der Waals surface area contributed by atoms with Gasteiger partial charge in [-0.05, 0) is 24.7 Å². The molecule has 1 fully saturated rings. The number of esters is 2. The Kier molecular flexibility index (Phi) is 4.00. The normalized spacial score (nSPS) is 27.6. The van der Waals surface area contributed by atoms with Crippen LogP contribution >= 0.6 is 0 Å². The largest absolute Gasteiger partial charge is 0.466 e. The van der Waals surface area contributed by atoms with Crippen molar-refractivity contribution >= 4 is 11.9 Å². The van der Waals surface area contributed by atoms with Crippen molar-refractivity contribution in [2.24, 2.45) is 10.8 Å². The predicted molar refractivity (Wildman–Crippen MR) is 79.5 cm³/mol. The van der Waals surface area contributed by atoms with Crippen LogP contribution in [-0.4, -0.2) is 26.2 Å². The topological polar surface area (TPSA) is 52.6 Å². The Labute approximate surface area is 126 Å². The van der Waals surface area contributed by atoms with Gasteiger partial charge in [0.15, 0.2) is 0 Å². The van der Waals surface area contributed by atoms with E-state index in [0.717, 1.165) is 19.3 Å². The van der Waals surface area contributed by atoms with Gasteiger partial charge in [-0.1, -0.05) is 38.8 Å². The van der Waals surface area contributed by atoms with Crippen LogP contribution in [0.3, 0.4) is 0 Å². The van der Waals surface area contributed by atoms with Gasteiger partial charge in [0.1, 0.15) is 0 Å². The number of methoxy groups -OCH3 is 2. The summed E-state index contributed by atoms with van der Waals surface area (Å²) in [5.74, 6) is -0.850. The average molecular weight is 292 g/mol. The second kappa shape index (κ2) is 5.32. The minimum atomic E-state index is -0.435. The van der Waals surface area contributed by atoms with Crippen molar-refractivity contribution in [3.05, 3.63) is 22.8 Å². The van der Waals surface area contributed by atoms with Crippen molar-refractivity contribution < 1.29 is 19.1 Å². The second-order valence-electron chi connectivity index (χ2n) is 6.73. The first kappa shape index (κ1) is 15.8. The molecular weight excluding hydrogens is 268 g/mol. The van der Waals surface area contributed by atoms with Gasteiger partial charge in [-0.3, -0.25) is 0 Å². The fourth-order valence-electron chi connectivity index (χ4n) is 4.06. The monoisotopic (exact) mass is 292 g/mol. The van der Waals surface area contributed by atoms with Crippen molar-refractivity contribution in [3.8, 4) is 0 Å². The molecule has 0 aromatic heterocycles. The zero-order valence-electron chi connectivity index (χ0n) is 13.5. The summed E-state index contributed by atoms with van der Waals surface area (Å²) < 4.78 is 9.82. The average Bonchev–Trinajstić information content (AvgIpc) is 2.43. The Balaban J connectivity index is 2.61. The molecule has 0 bridgehead atoms. The zero-order valence-corrected chi connectivity index (χ0v) is 13.5. The van der Waals surface area contributed by atoms with Gasteiger partial charge in [-0.15, -0.1) is 0 Å². The van der Waals surface area contributed by atoms with Gasteiger partial charge in [0.05, 0.1) is 25.4 Å². The first-order chi connectivity index (χ1) is 9.78. The van der Waals surface area contributed by atoms with E-state index in [1.807, 2.05) is 6.92 Å². The summed E-state index contributed by atoms with van der Waals surface area (Å²) in [4.78, 5) is 24.4. The molecule has 0 aromatic carbocycles. The molecule has 0 radical (unpaired) electrons. The molecule has 4 nitrogen and oxygen atoms in total. The highest BCUT2D eigenvalue weighted by Crippen LogP contribution is 2.57. The summed E-state index contributed by atoms with van der Waals surface area (Å²) in [6, 6.07) is 0. The molecule has 21 heavy (non-hydrogen) atoms. The van der Waals surface area contributed by atoms with Crippen LogP contribution in [0.2, 0.25) is 0 Å². The summed E-state index contributed by atoms with van der Waals surface area (Å²) >= 11 is 0. The van der Waals surface area contributed by atoms with Crippen molar-refractivity contribution in [1.29, 1.82) is 0 Å². The lowest BCUT2D eigenvalue weighted by Gasteiger charge is -2.48. The standard InChI is InChI=1S/C17H24O4/c1-16(2)9-6-10-17(3)12(16)8-7-11(14(18)20-4)13(17)15(19)21-5/h8H,6-7,9-10H2,1-5H3/t17-/m0/s1. The highest BCUT2D eigenvalue weighted by atomic mass is 16.5. The van der Waals surface area contributed by atoms with Crippen LogP contribution < -0.4 is 0 Å². The third-order valence-corrected chi connectivity index (χ3v) is 4.99. The fraction of sp³-hybridized carbons (Fsp3) is 0.647. The van der Waals surface area contributed by atoms with E-state index in [4.69, 9.17) is 9.47 Å². The molecule has 1 saturated carbocycles. The van der Waals surface area contributed by atoms with Crippen molar-refractivity contribution in [2.75, 3.05) is 14.2 Å². The Hall–Kier alpha value is -1.58. The third kappa shape index (κ3) is 2.41. The minimum absolute atomic E-state index is 0.0356. The summed E-state index contributed by atoms with van der Waals surface area (Å²) in [6.45, 7) is 6.46. The van der Waals surface area contributed by atoms with E-state index in [2.05, 4.69) is 19.9 Å². The van der Waals surface area contributed by atoms with Gasteiger partial charge in [-0.2, -0.15) is 0 Å². The molecule has 0 heterocycles. The third-order valence-electron chi connectivity index (χ3n) is 4.99. The number of hydrogen-bond acceptors (Lipinski definition) is 4. The molecule has 0 unspecified atom stereocenters. The van der Waals surface area contributed by atoms with Crippen molar-refractivity contribution in [2.45, 2.75) is 46.5 Å². The SMILES string of the molecule is COC(=O)C1=C(C(=O)OC)[C@@]2(C)CCCC(C)(C)C2=CC1. The quantitative estimate of drug-likeness (QED) is 0.579. The van der Waals surface area contributed by atoms with Crippen LogP contribution in [-0.2, 0) is 19.1 Å². The molecule has 2 aliphatic rings. The smallest absolute Gasteiger partial charge is 0.335 e. The lowest BCUT2D eigenvalue weighted by Crippen LogP contribution is -2.41. The summed E-state index contributed by atoms with van der Waals surface area (Å²) in [6.07, 6.45) is 5.52. The summed E-state index contributed by atoms with van der Waals surface area (Å²) in [5.41, 5.74) is 1.77. The molecule has 0 aromatic rings. The maximum absolute atomic E-state index is 12.4. The molecule has 0 spiro atoms. The molecule has 0 aliphatic heterocycles. The van der Waals surface area contributed by atoms with Crippen LogP contribution in [0, 0.1) is 10.8 Å². The van der Waals surface area contributed by atoms with E-state index in [1.54, 1.807) is 0 Å². The van der Waals surface area contributed by atoms with Crippen molar-refractivity contribution in [1.82, 2.24) is 0 Å². The van der Waals surface area contributed by atoms with Crippen LogP contribution in [0.25, 0.3) is 0 Å². The van der Waals surface area contributed by atoms with Crippen LogP contribution in [0.5, 0.6) is 0 Å². The van der Waals surface area contributed by atoms with Crippen molar-refractivity contribution in [3.63, 3.8) is 0 Å². The number of carbonyl (C=O) groups excluding carboxylic acids is 2. The second-order valence-corrected chi connectivity index (χ2v) is 6.73. The Morgan fingerprint density at radius 1 is 1.05 bits per heavy atom. The number of carbonyl (C=O) groups is 2. The van der Waals surface area contributed by atoms with E-state index in [9.17, 15) is 9.59 Å². The number of hydrogen-bond donors (Lipinski definition) is 0.